The van der Waals surface area contributed by atoms with E-state index in [0.29, 0.717) is 11.1 Å². The molecule has 3 N–H and O–H groups in total. The Bertz CT molecular complexity index is 562. The van der Waals surface area contributed by atoms with Crippen molar-refractivity contribution in [2.75, 3.05) is 18.6 Å². The molecule has 6 heteroatoms. The number of fused-ring (bicyclic) bond motifs is 2. The van der Waals surface area contributed by atoms with E-state index in [9.17, 15) is 13.9 Å². The van der Waals surface area contributed by atoms with Crippen molar-refractivity contribution in [2.24, 2.45) is 0 Å². The van der Waals surface area contributed by atoms with Gasteiger partial charge in [-0.25, -0.2) is 8.78 Å². The van der Waals surface area contributed by atoms with Gasteiger partial charge in [-0.05, 0) is 30.3 Å². The Morgan fingerprint density at radius 1 is 1.37 bits per heavy atom. The lowest BCUT2D eigenvalue weighted by Gasteiger charge is -2.36. The molecule has 19 heavy (non-hydrogen) atoms. The van der Waals surface area contributed by atoms with Crippen LogP contribution in [0.15, 0.2) is 17.8 Å². The Morgan fingerprint density at radius 3 is 2.84 bits per heavy atom. The molecule has 0 spiro atoms. The zero-order valence-corrected chi connectivity index (χ0v) is 11.2. The molecule has 0 saturated heterocycles. The molecule has 2 aliphatic heterocycles. The van der Waals surface area contributed by atoms with Gasteiger partial charge in [0, 0.05) is 28.8 Å². The molecule has 0 radical (unpaired) electrons. The topological polar surface area (TPSA) is 44.3 Å². The summed E-state index contributed by atoms with van der Waals surface area (Å²) in [4.78, 5) is 0. The average Bonchev–Trinajstić information content (AvgIpc) is 2.40. The Kier molecular flexibility index (Phi) is 3.24. The minimum atomic E-state index is -0.986. The van der Waals surface area contributed by atoms with Crippen molar-refractivity contribution in [2.45, 2.75) is 12.3 Å². The van der Waals surface area contributed by atoms with Crippen LogP contribution in [-0.4, -0.2) is 29.7 Å². The normalized spacial score (nSPS) is 25.7. The fourth-order valence-corrected chi connectivity index (χ4v) is 3.74. The molecule has 0 bridgehead atoms. The molecule has 0 saturated carbocycles. The smallest absolute Gasteiger partial charge is 0.159 e. The molecule has 3 rings (SSSR count). The van der Waals surface area contributed by atoms with Gasteiger partial charge in [0.05, 0.1) is 0 Å². The van der Waals surface area contributed by atoms with Crippen LogP contribution in [0.1, 0.15) is 17.4 Å². The van der Waals surface area contributed by atoms with Crippen LogP contribution in [0.5, 0.6) is 0 Å². The van der Waals surface area contributed by atoms with E-state index in [1.165, 1.54) is 6.07 Å². The highest BCUT2D eigenvalue weighted by molar-refractivity contribution is 7.99. The van der Waals surface area contributed by atoms with Crippen LogP contribution in [0.3, 0.4) is 0 Å². The summed E-state index contributed by atoms with van der Waals surface area (Å²) in [5.74, 6) is -0.211. The Balaban J connectivity index is 2.20. The van der Waals surface area contributed by atoms with Crippen molar-refractivity contribution < 1.29 is 13.9 Å². The van der Waals surface area contributed by atoms with Crippen LogP contribution in [-0.2, 0) is 0 Å². The number of nitrogens with one attached hydrogen (secondary N) is 2. The molecular weight excluding hydrogens is 270 g/mol. The number of aliphatic hydroxyl groups is 1. The second-order valence-corrected chi connectivity index (χ2v) is 5.68. The maximum atomic E-state index is 13.5. The SMILES string of the molecule is CNC1CSCC2=C1c1cc(F)c(F)cc1C(O)N2. The van der Waals surface area contributed by atoms with E-state index in [4.69, 9.17) is 0 Å². The predicted octanol–water partition coefficient (Wildman–Crippen LogP) is 1.60. The third-order valence-corrected chi connectivity index (χ3v) is 4.60. The lowest BCUT2D eigenvalue weighted by Crippen LogP contribution is -2.40. The molecule has 2 atom stereocenters. The summed E-state index contributed by atoms with van der Waals surface area (Å²) >= 11 is 1.74. The number of thioether (sulfide) groups is 1. The summed E-state index contributed by atoms with van der Waals surface area (Å²) in [6.07, 6.45) is -0.986. The van der Waals surface area contributed by atoms with Crippen LogP contribution in [0.2, 0.25) is 0 Å². The van der Waals surface area contributed by atoms with Gasteiger partial charge >= 0.3 is 0 Å². The Morgan fingerprint density at radius 2 is 2.11 bits per heavy atom. The quantitative estimate of drug-likeness (QED) is 0.733. The monoisotopic (exact) mass is 284 g/mol. The summed E-state index contributed by atoms with van der Waals surface area (Å²) in [6.45, 7) is 0. The maximum Gasteiger partial charge on any atom is 0.159 e. The number of likely N-dealkylation sites (N-methyl/N-ethyl adjacent to an activating group) is 1. The van der Waals surface area contributed by atoms with E-state index in [1.807, 2.05) is 7.05 Å². The van der Waals surface area contributed by atoms with Gasteiger partial charge in [-0.1, -0.05) is 0 Å². The predicted molar refractivity (Wildman–Crippen MR) is 71.5 cm³/mol. The molecule has 0 amide bonds. The summed E-state index contributed by atoms with van der Waals surface area (Å²) in [7, 11) is 1.84. The third-order valence-electron chi connectivity index (χ3n) is 3.54. The highest BCUT2D eigenvalue weighted by Gasteiger charge is 2.32. The minimum Gasteiger partial charge on any atom is -0.369 e. The highest BCUT2D eigenvalue weighted by atomic mass is 32.2. The van der Waals surface area contributed by atoms with Gasteiger partial charge in [0.1, 0.15) is 0 Å². The van der Waals surface area contributed by atoms with Gasteiger partial charge in [-0.15, -0.1) is 0 Å². The fraction of sp³-hybridized carbons (Fsp3) is 0.385. The van der Waals surface area contributed by atoms with E-state index >= 15 is 0 Å². The summed E-state index contributed by atoms with van der Waals surface area (Å²) in [5.41, 5.74) is 2.81. The third kappa shape index (κ3) is 2.04. The molecule has 1 aromatic rings. The first-order valence-corrected chi connectivity index (χ1v) is 7.19. The van der Waals surface area contributed by atoms with E-state index in [-0.39, 0.29) is 6.04 Å². The molecule has 0 aliphatic carbocycles. The molecule has 102 valence electrons. The number of benzene rings is 1. The number of halogens is 2. The zero-order chi connectivity index (χ0) is 13.6. The molecule has 2 aliphatic rings. The van der Waals surface area contributed by atoms with Crippen LogP contribution < -0.4 is 10.6 Å². The van der Waals surface area contributed by atoms with E-state index in [2.05, 4.69) is 10.6 Å². The number of hydrogen-bond acceptors (Lipinski definition) is 4. The van der Waals surface area contributed by atoms with E-state index in [1.54, 1.807) is 11.8 Å². The summed E-state index contributed by atoms with van der Waals surface area (Å²) < 4.78 is 26.8. The highest BCUT2D eigenvalue weighted by Crippen LogP contribution is 2.38. The van der Waals surface area contributed by atoms with Crippen LogP contribution in [0.4, 0.5) is 8.78 Å². The average molecular weight is 284 g/mol. The van der Waals surface area contributed by atoms with Crippen molar-refractivity contribution in [1.29, 1.82) is 0 Å². The molecule has 0 aromatic heterocycles. The first-order chi connectivity index (χ1) is 9.11. The van der Waals surface area contributed by atoms with Crippen molar-refractivity contribution >= 4 is 17.3 Å². The second-order valence-electron chi connectivity index (χ2n) is 4.65. The van der Waals surface area contributed by atoms with Crippen molar-refractivity contribution in [1.82, 2.24) is 10.6 Å². The molecule has 2 heterocycles. The van der Waals surface area contributed by atoms with E-state index < -0.39 is 17.9 Å². The second kappa shape index (κ2) is 4.77. The van der Waals surface area contributed by atoms with Crippen LogP contribution in [0.25, 0.3) is 5.57 Å². The number of hydrogen-bond donors (Lipinski definition) is 3. The zero-order valence-electron chi connectivity index (χ0n) is 10.3. The molecule has 3 nitrogen and oxygen atoms in total. The minimum absolute atomic E-state index is 0.0670. The number of rotatable bonds is 1. The fourth-order valence-electron chi connectivity index (χ4n) is 2.61. The maximum absolute atomic E-state index is 13.5. The largest absolute Gasteiger partial charge is 0.369 e. The lowest BCUT2D eigenvalue weighted by molar-refractivity contribution is 0.148. The summed E-state index contributed by atoms with van der Waals surface area (Å²) in [6, 6.07) is 2.32. The Hall–Kier alpha value is -1.11. The van der Waals surface area contributed by atoms with Gasteiger partial charge in [0.25, 0.3) is 0 Å². The molecule has 2 unspecified atom stereocenters. The first-order valence-electron chi connectivity index (χ1n) is 6.03. The van der Waals surface area contributed by atoms with E-state index in [0.717, 1.165) is 28.8 Å². The van der Waals surface area contributed by atoms with Crippen molar-refractivity contribution in [3.8, 4) is 0 Å². The van der Waals surface area contributed by atoms with Crippen molar-refractivity contribution in [3.63, 3.8) is 0 Å². The van der Waals surface area contributed by atoms with Gasteiger partial charge < -0.3 is 15.7 Å². The summed E-state index contributed by atoms with van der Waals surface area (Å²) in [5, 5.41) is 16.2. The van der Waals surface area contributed by atoms with Crippen LogP contribution in [0, 0.1) is 11.6 Å². The van der Waals surface area contributed by atoms with Crippen molar-refractivity contribution in [3.05, 3.63) is 40.6 Å². The molecule has 1 aromatic carbocycles. The number of aliphatic hydroxyl groups excluding tert-OH is 1. The molecule has 0 fully saturated rings. The lowest BCUT2D eigenvalue weighted by atomic mass is 9.89. The first kappa shape index (κ1) is 12.9. The van der Waals surface area contributed by atoms with Gasteiger partial charge in [0.2, 0.25) is 0 Å². The van der Waals surface area contributed by atoms with Crippen LogP contribution >= 0.6 is 11.8 Å². The van der Waals surface area contributed by atoms with Gasteiger partial charge in [-0.3, -0.25) is 0 Å². The molecular formula is C13H14F2N2OS. The van der Waals surface area contributed by atoms with Gasteiger partial charge in [-0.2, -0.15) is 11.8 Å². The standard InChI is InChI=1S/C13H14F2N2OS/c1-16-10-4-19-5-11-12(10)6-2-8(14)9(15)3-7(6)13(18)17-11/h2-3,10,13,16-18H,4-5H2,1H3. The van der Waals surface area contributed by atoms with Gasteiger partial charge in [0.15, 0.2) is 17.9 Å². The Labute approximate surface area is 114 Å².